The van der Waals surface area contributed by atoms with E-state index in [0.717, 1.165) is 27.6 Å². The normalized spacial score (nSPS) is 18.2. The predicted molar refractivity (Wildman–Crippen MR) is 114 cm³/mol. The summed E-state index contributed by atoms with van der Waals surface area (Å²) in [6.07, 6.45) is 3.78. The Hall–Kier alpha value is -2.63. The maximum Gasteiger partial charge on any atom is 0.496 e. The van der Waals surface area contributed by atoms with Crippen LogP contribution in [0.5, 0.6) is 0 Å². The van der Waals surface area contributed by atoms with Gasteiger partial charge in [0.2, 0.25) is 0 Å². The molecule has 28 heavy (non-hydrogen) atoms. The summed E-state index contributed by atoms with van der Waals surface area (Å²) >= 11 is 0. The summed E-state index contributed by atoms with van der Waals surface area (Å²) in [7, 11) is -0.417. The third kappa shape index (κ3) is 2.43. The summed E-state index contributed by atoms with van der Waals surface area (Å²) in [6.45, 7) is 8.34. The molecular formula is C23H23BN2O2. The van der Waals surface area contributed by atoms with Gasteiger partial charge >= 0.3 is 7.12 Å². The average Bonchev–Trinajstić information content (AvgIpc) is 3.12. The van der Waals surface area contributed by atoms with Crippen molar-refractivity contribution in [1.29, 1.82) is 0 Å². The van der Waals surface area contributed by atoms with E-state index in [9.17, 15) is 0 Å². The number of aromatic nitrogens is 2. The molecule has 0 N–H and O–H groups in total. The highest BCUT2D eigenvalue weighted by Crippen LogP contribution is 2.37. The fourth-order valence-corrected chi connectivity index (χ4v) is 3.94. The lowest BCUT2D eigenvalue weighted by atomic mass is 9.77. The third-order valence-electron chi connectivity index (χ3n) is 6.16. The maximum absolute atomic E-state index is 6.37. The van der Waals surface area contributed by atoms with Gasteiger partial charge in [-0.3, -0.25) is 4.98 Å². The third-order valence-corrected chi connectivity index (χ3v) is 6.16. The van der Waals surface area contributed by atoms with Crippen LogP contribution in [0.15, 0.2) is 67.0 Å². The fourth-order valence-electron chi connectivity index (χ4n) is 3.94. The van der Waals surface area contributed by atoms with Crippen LogP contribution < -0.4 is 5.46 Å². The van der Waals surface area contributed by atoms with Gasteiger partial charge < -0.3 is 13.9 Å². The Balaban J connectivity index is 1.77. The quantitative estimate of drug-likeness (QED) is 0.488. The highest BCUT2D eigenvalue weighted by Gasteiger charge is 2.52. The molecular weight excluding hydrogens is 347 g/mol. The van der Waals surface area contributed by atoms with Crippen LogP contribution in [0.3, 0.4) is 0 Å². The molecule has 0 spiro atoms. The molecule has 2 aromatic heterocycles. The first-order valence-electron chi connectivity index (χ1n) is 9.67. The summed E-state index contributed by atoms with van der Waals surface area (Å²) in [5.74, 6) is 0. The largest absolute Gasteiger partial charge is 0.496 e. The minimum absolute atomic E-state index is 0.379. The van der Waals surface area contributed by atoms with Crippen molar-refractivity contribution in [3.8, 4) is 5.69 Å². The lowest BCUT2D eigenvalue weighted by Gasteiger charge is -2.32. The summed E-state index contributed by atoms with van der Waals surface area (Å²) < 4.78 is 15.0. The standard InChI is InChI=1S/C23H23BN2O2/c1-22(2)23(3,4)28-24(27-22)18-10-6-8-12-21(18)26-19-11-7-5-9-16(19)17-15-25-14-13-20(17)26/h5-15H,1-4H3. The molecule has 5 rings (SSSR count). The second kappa shape index (κ2) is 5.93. The summed E-state index contributed by atoms with van der Waals surface area (Å²) in [4.78, 5) is 4.35. The van der Waals surface area contributed by atoms with Crippen LogP contribution in [0.25, 0.3) is 27.5 Å². The van der Waals surface area contributed by atoms with Crippen molar-refractivity contribution < 1.29 is 9.31 Å². The second-order valence-corrected chi connectivity index (χ2v) is 8.39. The predicted octanol–water partition coefficient (Wildman–Crippen LogP) is 4.48. The Labute approximate surface area is 165 Å². The number of para-hydroxylation sites is 2. The molecule has 2 aromatic carbocycles. The number of hydrogen-bond acceptors (Lipinski definition) is 3. The molecule has 0 saturated carbocycles. The molecule has 1 saturated heterocycles. The zero-order valence-corrected chi connectivity index (χ0v) is 16.6. The van der Waals surface area contributed by atoms with Crippen LogP contribution in [0, 0.1) is 0 Å². The molecule has 4 aromatic rings. The molecule has 0 amide bonds. The van der Waals surface area contributed by atoms with Gasteiger partial charge in [-0.05, 0) is 45.9 Å². The fraction of sp³-hybridized carbons (Fsp3) is 0.261. The van der Waals surface area contributed by atoms with E-state index in [4.69, 9.17) is 9.31 Å². The highest BCUT2D eigenvalue weighted by molar-refractivity contribution is 6.63. The molecule has 1 fully saturated rings. The Morgan fingerprint density at radius 3 is 2.21 bits per heavy atom. The van der Waals surface area contributed by atoms with E-state index < -0.39 is 7.12 Å². The molecule has 4 nitrogen and oxygen atoms in total. The Kier molecular flexibility index (Phi) is 3.70. The smallest absolute Gasteiger partial charge is 0.399 e. The van der Waals surface area contributed by atoms with E-state index in [1.807, 2.05) is 18.5 Å². The van der Waals surface area contributed by atoms with Gasteiger partial charge in [0.1, 0.15) is 0 Å². The van der Waals surface area contributed by atoms with E-state index in [-0.39, 0.29) is 11.2 Å². The number of nitrogens with zero attached hydrogens (tertiary/aromatic N) is 2. The first kappa shape index (κ1) is 17.5. The minimum atomic E-state index is -0.417. The molecule has 0 atom stereocenters. The molecule has 1 aliphatic rings. The number of fused-ring (bicyclic) bond motifs is 3. The zero-order chi connectivity index (χ0) is 19.5. The molecule has 3 heterocycles. The number of rotatable bonds is 2. The van der Waals surface area contributed by atoms with Gasteiger partial charge in [-0.15, -0.1) is 0 Å². The Morgan fingerprint density at radius 2 is 1.43 bits per heavy atom. The first-order valence-corrected chi connectivity index (χ1v) is 9.67. The molecule has 0 radical (unpaired) electrons. The minimum Gasteiger partial charge on any atom is -0.399 e. The van der Waals surface area contributed by atoms with Crippen LogP contribution in [-0.2, 0) is 9.31 Å². The maximum atomic E-state index is 6.37. The topological polar surface area (TPSA) is 36.3 Å². The van der Waals surface area contributed by atoms with Gasteiger partial charge in [0.05, 0.1) is 22.2 Å². The van der Waals surface area contributed by atoms with Gasteiger partial charge in [-0.1, -0.05) is 36.4 Å². The second-order valence-electron chi connectivity index (χ2n) is 8.39. The average molecular weight is 370 g/mol. The summed E-state index contributed by atoms with van der Waals surface area (Å²) in [6, 6.07) is 18.8. The monoisotopic (exact) mass is 370 g/mol. The van der Waals surface area contributed by atoms with Crippen molar-refractivity contribution >= 4 is 34.4 Å². The zero-order valence-electron chi connectivity index (χ0n) is 16.6. The van der Waals surface area contributed by atoms with E-state index in [1.165, 1.54) is 5.39 Å². The van der Waals surface area contributed by atoms with Crippen molar-refractivity contribution in [2.75, 3.05) is 0 Å². The van der Waals surface area contributed by atoms with Gasteiger partial charge in [-0.25, -0.2) is 0 Å². The van der Waals surface area contributed by atoms with E-state index in [2.05, 4.69) is 85.8 Å². The number of benzene rings is 2. The van der Waals surface area contributed by atoms with E-state index in [0.29, 0.717) is 0 Å². The van der Waals surface area contributed by atoms with Crippen molar-refractivity contribution in [3.63, 3.8) is 0 Å². The van der Waals surface area contributed by atoms with Crippen molar-refractivity contribution in [2.24, 2.45) is 0 Å². The number of hydrogen-bond donors (Lipinski definition) is 0. The van der Waals surface area contributed by atoms with Gasteiger partial charge in [0, 0.05) is 34.3 Å². The summed E-state index contributed by atoms with van der Waals surface area (Å²) in [5.41, 5.74) is 3.61. The molecule has 1 aliphatic heterocycles. The molecule has 0 unspecified atom stereocenters. The van der Waals surface area contributed by atoms with Crippen LogP contribution in [0.2, 0.25) is 0 Å². The van der Waals surface area contributed by atoms with Crippen molar-refractivity contribution in [1.82, 2.24) is 9.55 Å². The lowest BCUT2D eigenvalue weighted by Crippen LogP contribution is -2.41. The van der Waals surface area contributed by atoms with Gasteiger partial charge in [0.25, 0.3) is 0 Å². The molecule has 140 valence electrons. The van der Waals surface area contributed by atoms with Gasteiger partial charge in [0.15, 0.2) is 0 Å². The Morgan fingerprint density at radius 1 is 0.786 bits per heavy atom. The van der Waals surface area contributed by atoms with Gasteiger partial charge in [-0.2, -0.15) is 0 Å². The number of pyridine rings is 1. The van der Waals surface area contributed by atoms with Crippen LogP contribution >= 0.6 is 0 Å². The first-order chi connectivity index (χ1) is 13.4. The lowest BCUT2D eigenvalue weighted by molar-refractivity contribution is 0.00578. The summed E-state index contributed by atoms with van der Waals surface area (Å²) in [5, 5.41) is 2.33. The van der Waals surface area contributed by atoms with E-state index >= 15 is 0 Å². The van der Waals surface area contributed by atoms with Crippen molar-refractivity contribution in [2.45, 2.75) is 38.9 Å². The van der Waals surface area contributed by atoms with Crippen LogP contribution in [0.1, 0.15) is 27.7 Å². The van der Waals surface area contributed by atoms with Crippen LogP contribution in [-0.4, -0.2) is 27.9 Å². The molecule has 0 bridgehead atoms. The van der Waals surface area contributed by atoms with E-state index in [1.54, 1.807) is 0 Å². The van der Waals surface area contributed by atoms with Crippen LogP contribution in [0.4, 0.5) is 0 Å². The SMILES string of the molecule is CC1(C)OB(c2ccccc2-n2c3ccccc3c3cnccc32)OC1(C)C. The Bertz CT molecular complexity index is 1130. The molecule has 5 heteroatoms. The van der Waals surface area contributed by atoms with Crippen molar-refractivity contribution in [3.05, 3.63) is 67.0 Å². The highest BCUT2D eigenvalue weighted by atomic mass is 16.7. The molecule has 0 aliphatic carbocycles.